The van der Waals surface area contributed by atoms with E-state index >= 15 is 0 Å². The monoisotopic (exact) mass is 834 g/mol. The van der Waals surface area contributed by atoms with Gasteiger partial charge in [-0.15, -0.1) is 0 Å². The number of carbonyl (C=O) groups excluding carboxylic acids is 4. The third kappa shape index (κ3) is 15.0. The summed E-state index contributed by atoms with van der Waals surface area (Å²) in [6.07, 6.45) is 2.61. The zero-order valence-electron chi connectivity index (χ0n) is 33.3. The van der Waals surface area contributed by atoms with Crippen LogP contribution in [0.15, 0.2) is 22.0 Å². The minimum atomic E-state index is -1.02. The van der Waals surface area contributed by atoms with Gasteiger partial charge < -0.3 is 34.2 Å². The second kappa shape index (κ2) is 23.5. The van der Waals surface area contributed by atoms with Crippen LogP contribution in [0.1, 0.15) is 106 Å². The van der Waals surface area contributed by atoms with Gasteiger partial charge in [-0.25, -0.2) is 28.0 Å². The van der Waals surface area contributed by atoms with Crippen LogP contribution in [0.25, 0.3) is 0 Å². The van der Waals surface area contributed by atoms with Crippen molar-refractivity contribution >= 4 is 46.7 Å². The maximum absolute atomic E-state index is 14.4. The Labute approximate surface area is 333 Å². The number of nitrogens with two attached hydrogens (primary N) is 1. The lowest BCUT2D eigenvalue weighted by Gasteiger charge is -2.22. The van der Waals surface area contributed by atoms with Crippen LogP contribution in [0.5, 0.6) is 0 Å². The number of nitrogen functional groups attached to an aromatic ring is 1. The van der Waals surface area contributed by atoms with Crippen molar-refractivity contribution in [3.05, 3.63) is 45.0 Å². The Hall–Kier alpha value is -4.69. The van der Waals surface area contributed by atoms with Crippen molar-refractivity contribution in [2.24, 2.45) is 11.8 Å². The molecule has 6 unspecified atom stereocenters. The van der Waals surface area contributed by atoms with E-state index in [1.807, 2.05) is 13.8 Å². The van der Waals surface area contributed by atoms with E-state index in [-0.39, 0.29) is 30.7 Å². The molecule has 0 spiro atoms. The normalized spacial score (nSPS) is 23.6. The first-order valence-corrected chi connectivity index (χ1v) is 18.9. The number of nitrogens with zero attached hydrogens (tertiary/aromatic N) is 4. The predicted octanol–water partition coefficient (Wildman–Crippen LogP) is 5.61. The van der Waals surface area contributed by atoms with Crippen LogP contribution in [0.3, 0.4) is 0 Å². The average molecular weight is 835 g/mol. The number of unbranched alkanes of at least 4 members (excludes halogenated alkanes) is 4. The van der Waals surface area contributed by atoms with Gasteiger partial charge in [0.2, 0.25) is 0 Å². The van der Waals surface area contributed by atoms with Gasteiger partial charge in [0.1, 0.15) is 0 Å². The van der Waals surface area contributed by atoms with Crippen LogP contribution in [-0.2, 0) is 38.0 Å². The number of hydrogen-bond donors (Lipinski definition) is 2. The summed E-state index contributed by atoms with van der Waals surface area (Å²) in [6, 6.07) is 0. The highest BCUT2D eigenvalue weighted by Gasteiger charge is 2.45. The zero-order valence-corrected chi connectivity index (χ0v) is 34.1. The van der Waals surface area contributed by atoms with E-state index in [0.717, 1.165) is 53.6 Å². The van der Waals surface area contributed by atoms with Crippen molar-refractivity contribution in [1.29, 1.82) is 0 Å². The van der Waals surface area contributed by atoms with E-state index in [2.05, 4.69) is 26.9 Å². The molecule has 57 heavy (non-hydrogen) atoms. The molecule has 0 aliphatic carbocycles. The molecule has 8 atom stereocenters. The van der Waals surface area contributed by atoms with Gasteiger partial charge in [0.15, 0.2) is 47.9 Å². The molecule has 0 radical (unpaired) electrons. The highest BCUT2D eigenvalue weighted by atomic mass is 35.5. The molecule has 2 aliphatic heterocycles. The SMILES string of the molecule is CC(=O)OC1C(C)C(C)O[C@H]1n1cc(F)c(N)nc1=O.CCCCCOC(=O)Cl.CCCCCOC(=O)Nc1nc(=O)n([C@@H]2OC(C)C(C)C2OC(C)=O)cc1F. The van der Waals surface area contributed by atoms with Gasteiger partial charge in [-0.1, -0.05) is 53.4 Å². The summed E-state index contributed by atoms with van der Waals surface area (Å²) in [6.45, 7) is 14.4. The third-order valence-corrected chi connectivity index (χ3v) is 9.06. The van der Waals surface area contributed by atoms with E-state index in [9.17, 15) is 37.5 Å². The van der Waals surface area contributed by atoms with Crippen molar-refractivity contribution in [2.75, 3.05) is 24.3 Å². The Balaban J connectivity index is 0.000000335. The van der Waals surface area contributed by atoms with E-state index in [0.29, 0.717) is 13.0 Å². The Morgan fingerprint density at radius 3 is 1.65 bits per heavy atom. The van der Waals surface area contributed by atoms with Crippen LogP contribution in [0.2, 0.25) is 0 Å². The van der Waals surface area contributed by atoms with Crippen molar-refractivity contribution in [2.45, 2.75) is 131 Å². The maximum Gasteiger partial charge on any atom is 0.412 e. The first-order valence-electron chi connectivity index (χ1n) is 18.6. The number of anilines is 2. The molecule has 3 N–H and O–H groups in total. The summed E-state index contributed by atoms with van der Waals surface area (Å²) in [5, 5.41) is 2.12. The molecular weight excluding hydrogens is 782 g/mol. The fourth-order valence-electron chi connectivity index (χ4n) is 5.57. The Morgan fingerprint density at radius 2 is 1.21 bits per heavy atom. The van der Waals surface area contributed by atoms with E-state index < -0.39 is 82.8 Å². The topological polar surface area (TPSA) is 231 Å². The lowest BCUT2D eigenvalue weighted by molar-refractivity contribution is -0.154. The van der Waals surface area contributed by atoms with Gasteiger partial charge in [-0.2, -0.15) is 9.97 Å². The number of rotatable bonds is 13. The largest absolute Gasteiger partial charge is 0.457 e. The van der Waals surface area contributed by atoms with E-state index in [1.165, 1.54) is 13.8 Å². The van der Waals surface area contributed by atoms with Crippen molar-refractivity contribution < 1.29 is 56.4 Å². The number of carbonyl (C=O) groups is 4. The van der Waals surface area contributed by atoms with Crippen molar-refractivity contribution in [1.82, 2.24) is 19.1 Å². The molecule has 0 bridgehead atoms. The molecule has 2 aromatic rings. The van der Waals surface area contributed by atoms with Crippen molar-refractivity contribution in [3.8, 4) is 0 Å². The lowest BCUT2D eigenvalue weighted by atomic mass is 10.0. The predicted molar refractivity (Wildman–Crippen MR) is 201 cm³/mol. The summed E-state index contributed by atoms with van der Waals surface area (Å²) in [5.41, 5.74) is 2.92. The number of nitrogens with one attached hydrogen (secondary N) is 1. The molecule has 2 fully saturated rings. The molecule has 4 heterocycles. The minimum absolute atomic E-state index is 0.142. The molecular formula is C36H53ClF2N6O12. The maximum atomic E-state index is 14.4. The molecule has 2 aliphatic rings. The smallest absolute Gasteiger partial charge is 0.412 e. The Bertz CT molecular complexity index is 1780. The number of ether oxygens (including phenoxy) is 6. The Kier molecular flexibility index (Phi) is 20.0. The van der Waals surface area contributed by atoms with Gasteiger partial charge in [0, 0.05) is 37.3 Å². The molecule has 0 saturated carbocycles. The van der Waals surface area contributed by atoms with Crippen LogP contribution in [0.4, 0.5) is 30.0 Å². The molecule has 1 amide bonds. The van der Waals surface area contributed by atoms with E-state index in [4.69, 9.17) is 41.0 Å². The fourth-order valence-corrected chi connectivity index (χ4v) is 5.64. The first-order chi connectivity index (χ1) is 26.8. The van der Waals surface area contributed by atoms with E-state index in [1.54, 1.807) is 20.8 Å². The molecule has 2 saturated heterocycles. The van der Waals surface area contributed by atoms with Gasteiger partial charge in [-0.05, 0) is 26.7 Å². The number of esters is 2. The molecule has 320 valence electrons. The minimum Gasteiger partial charge on any atom is -0.457 e. The van der Waals surface area contributed by atoms with Crippen molar-refractivity contribution in [3.63, 3.8) is 0 Å². The number of halogens is 3. The molecule has 18 nitrogen and oxygen atoms in total. The molecule has 0 aromatic carbocycles. The highest BCUT2D eigenvalue weighted by Crippen LogP contribution is 2.36. The summed E-state index contributed by atoms with van der Waals surface area (Å²) in [5.74, 6) is -4.17. The lowest BCUT2D eigenvalue weighted by Crippen LogP contribution is -2.36. The van der Waals surface area contributed by atoms with Crippen LogP contribution < -0.4 is 22.4 Å². The summed E-state index contributed by atoms with van der Waals surface area (Å²) >= 11 is 4.90. The molecule has 4 rings (SSSR count). The second-order valence-corrected chi connectivity index (χ2v) is 13.7. The van der Waals surface area contributed by atoms with Gasteiger partial charge >= 0.3 is 34.8 Å². The number of hydrogen-bond acceptors (Lipinski definition) is 15. The average Bonchev–Trinajstić information content (AvgIpc) is 3.56. The summed E-state index contributed by atoms with van der Waals surface area (Å²) in [7, 11) is 0. The van der Waals surface area contributed by atoms with Gasteiger partial charge in [-0.3, -0.25) is 24.0 Å². The highest BCUT2D eigenvalue weighted by molar-refractivity contribution is 6.61. The van der Waals surface area contributed by atoms with Gasteiger partial charge in [0.25, 0.3) is 0 Å². The standard InChI is InChI=1S/C18H26FN3O6.C12H16FN3O4.C6H11ClO2/c1-5-6-7-8-26-18(25)21-15-13(19)9-22(17(24)20-15)16-14(28-12(4)23)10(2)11(3)27-16;1-5-6(2)19-11(9(5)20-7(3)17)16-4-8(13)10(14)15-12(16)18;1-2-3-4-5-9-6(7)8/h9-11,14,16H,5-8H2,1-4H3,(H,20,21,24,25);4-6,9,11H,1-3H3,(H2,14,15,18);2-5H2,1H3/t10?,11?,14?,16-;5?,6?,9?,11-;/m11./s1. The number of aromatic nitrogens is 4. The molecule has 21 heteroatoms. The Morgan fingerprint density at radius 1 is 0.772 bits per heavy atom. The second-order valence-electron chi connectivity index (χ2n) is 13.4. The van der Waals surface area contributed by atoms with Crippen LogP contribution in [0, 0.1) is 23.5 Å². The van der Waals surface area contributed by atoms with Crippen LogP contribution >= 0.6 is 11.6 Å². The fraction of sp³-hybridized carbons (Fsp3) is 0.667. The van der Waals surface area contributed by atoms with Gasteiger partial charge in [0.05, 0.1) is 37.8 Å². The summed E-state index contributed by atoms with van der Waals surface area (Å²) < 4.78 is 60.9. The quantitative estimate of drug-likeness (QED) is 0.108. The summed E-state index contributed by atoms with van der Waals surface area (Å²) in [4.78, 5) is 75.3. The van der Waals surface area contributed by atoms with Crippen LogP contribution in [-0.4, -0.2) is 80.2 Å². The first kappa shape index (κ1) is 48.5. The number of amides is 1. The zero-order chi connectivity index (χ0) is 43.0. The third-order valence-electron chi connectivity index (χ3n) is 8.95. The molecule has 2 aromatic heterocycles.